The lowest BCUT2D eigenvalue weighted by Crippen LogP contribution is -2.58. The average molecular weight is 384 g/mol. The Morgan fingerprint density at radius 1 is 0.963 bits per heavy atom. The predicted octanol–water partition coefficient (Wildman–Crippen LogP) is 2.07. The number of hydrogen-bond acceptors (Lipinski definition) is 8. The van der Waals surface area contributed by atoms with E-state index in [1.165, 1.54) is 20.8 Å². The van der Waals surface area contributed by atoms with Crippen LogP contribution in [0.1, 0.15) is 40.0 Å². The van der Waals surface area contributed by atoms with Crippen molar-refractivity contribution in [2.24, 2.45) is 0 Å². The molecule has 0 aromatic carbocycles. The molecule has 1 heterocycles. The van der Waals surface area contributed by atoms with Gasteiger partial charge in [-0.3, -0.25) is 14.4 Å². The predicted molar refractivity (Wildman–Crippen MR) is 95.5 cm³/mol. The Kier molecular flexibility index (Phi) is 10.4. The van der Waals surface area contributed by atoms with Crippen molar-refractivity contribution in [3.05, 3.63) is 24.8 Å². The second-order valence-electron chi connectivity index (χ2n) is 6.02. The molecule has 0 aromatic rings. The van der Waals surface area contributed by atoms with Gasteiger partial charge in [0.15, 0.2) is 24.6 Å². The fourth-order valence-electron chi connectivity index (χ4n) is 2.57. The van der Waals surface area contributed by atoms with Crippen molar-refractivity contribution in [2.45, 2.75) is 64.6 Å². The van der Waals surface area contributed by atoms with E-state index >= 15 is 0 Å². The van der Waals surface area contributed by atoms with Crippen molar-refractivity contribution < 1.29 is 38.1 Å². The monoisotopic (exact) mass is 384 g/mol. The van der Waals surface area contributed by atoms with Crippen molar-refractivity contribution in [3.8, 4) is 0 Å². The highest BCUT2D eigenvalue weighted by Crippen LogP contribution is 2.25. The number of carbonyl (C=O) groups excluding carboxylic acids is 3. The standard InChI is InChI=1S/C19H28O8/c1-5-6-7-8-9-10-11-23-19-18(27-15(4)22)17(26-14(3)21)16(12-24-19)25-13(2)20/h5,9-10,16-19H,1,6-8,11-12H2,2-4H3/b10-9+/t16-,17+,18-,19-/m1/s1. The molecule has 152 valence electrons. The normalized spacial score (nSPS) is 25.0. The molecule has 1 fully saturated rings. The molecule has 0 aliphatic carbocycles. The fourth-order valence-corrected chi connectivity index (χ4v) is 2.57. The van der Waals surface area contributed by atoms with Gasteiger partial charge in [0.25, 0.3) is 0 Å². The molecular weight excluding hydrogens is 356 g/mol. The van der Waals surface area contributed by atoms with Crippen molar-refractivity contribution in [2.75, 3.05) is 13.2 Å². The lowest BCUT2D eigenvalue weighted by atomic mass is 10.0. The highest BCUT2D eigenvalue weighted by Gasteiger charge is 2.47. The van der Waals surface area contributed by atoms with Crippen LogP contribution in [0, 0.1) is 0 Å². The molecule has 0 N–H and O–H groups in total. The van der Waals surface area contributed by atoms with Crippen molar-refractivity contribution >= 4 is 17.9 Å². The largest absolute Gasteiger partial charge is 0.456 e. The minimum Gasteiger partial charge on any atom is -0.456 e. The van der Waals surface area contributed by atoms with Crippen LogP contribution in [-0.2, 0) is 38.1 Å². The summed E-state index contributed by atoms with van der Waals surface area (Å²) in [5, 5.41) is 0. The third kappa shape index (κ3) is 8.83. The first kappa shape index (κ1) is 22.9. The molecule has 1 aliphatic heterocycles. The number of esters is 3. The Balaban J connectivity index is 2.77. The van der Waals surface area contributed by atoms with Crippen LogP contribution in [-0.4, -0.2) is 55.7 Å². The molecule has 0 saturated carbocycles. The zero-order valence-electron chi connectivity index (χ0n) is 16.1. The molecule has 8 nitrogen and oxygen atoms in total. The van der Waals surface area contributed by atoms with Gasteiger partial charge in [-0.15, -0.1) is 6.58 Å². The van der Waals surface area contributed by atoms with E-state index in [1.807, 2.05) is 18.2 Å². The van der Waals surface area contributed by atoms with Gasteiger partial charge in [0.1, 0.15) is 0 Å². The van der Waals surface area contributed by atoms with Crippen molar-refractivity contribution in [1.82, 2.24) is 0 Å². The van der Waals surface area contributed by atoms with Crippen LogP contribution in [0.25, 0.3) is 0 Å². The summed E-state index contributed by atoms with van der Waals surface area (Å²) in [6.45, 7) is 7.50. The van der Waals surface area contributed by atoms with Crippen LogP contribution >= 0.6 is 0 Å². The minimum absolute atomic E-state index is 0.0526. The third-order valence-electron chi connectivity index (χ3n) is 3.61. The first-order chi connectivity index (χ1) is 12.8. The van der Waals surface area contributed by atoms with Crippen LogP contribution < -0.4 is 0 Å². The van der Waals surface area contributed by atoms with Crippen LogP contribution in [0.3, 0.4) is 0 Å². The van der Waals surface area contributed by atoms with Gasteiger partial charge in [-0.1, -0.05) is 18.2 Å². The summed E-state index contributed by atoms with van der Waals surface area (Å²) in [7, 11) is 0. The number of carbonyl (C=O) groups is 3. The summed E-state index contributed by atoms with van der Waals surface area (Å²) in [5.74, 6) is -1.76. The van der Waals surface area contributed by atoms with Gasteiger partial charge in [0.2, 0.25) is 0 Å². The maximum Gasteiger partial charge on any atom is 0.303 e. The molecule has 1 aliphatic rings. The van der Waals surface area contributed by atoms with E-state index in [0.29, 0.717) is 0 Å². The Labute approximate surface area is 159 Å². The molecule has 0 aromatic heterocycles. The van der Waals surface area contributed by atoms with E-state index in [1.54, 1.807) is 0 Å². The van der Waals surface area contributed by atoms with Gasteiger partial charge in [-0.25, -0.2) is 0 Å². The van der Waals surface area contributed by atoms with E-state index in [0.717, 1.165) is 19.3 Å². The maximum absolute atomic E-state index is 11.5. The number of hydrogen-bond donors (Lipinski definition) is 0. The number of ether oxygens (including phenoxy) is 5. The molecule has 4 atom stereocenters. The molecular formula is C19H28O8. The summed E-state index contributed by atoms with van der Waals surface area (Å²) >= 11 is 0. The minimum atomic E-state index is -1.06. The topological polar surface area (TPSA) is 97.4 Å². The molecule has 0 amide bonds. The van der Waals surface area contributed by atoms with Crippen LogP contribution in [0.15, 0.2) is 24.8 Å². The molecule has 0 unspecified atom stereocenters. The molecule has 27 heavy (non-hydrogen) atoms. The zero-order valence-corrected chi connectivity index (χ0v) is 16.1. The third-order valence-corrected chi connectivity index (χ3v) is 3.61. The maximum atomic E-state index is 11.5. The zero-order chi connectivity index (χ0) is 20.2. The van der Waals surface area contributed by atoms with E-state index in [-0.39, 0.29) is 13.2 Å². The van der Waals surface area contributed by atoms with Gasteiger partial charge in [0, 0.05) is 20.8 Å². The van der Waals surface area contributed by atoms with Crippen molar-refractivity contribution in [3.63, 3.8) is 0 Å². The van der Waals surface area contributed by atoms with Gasteiger partial charge in [-0.05, 0) is 19.3 Å². The molecule has 1 saturated heterocycles. The summed E-state index contributed by atoms with van der Waals surface area (Å²) < 4.78 is 26.8. The van der Waals surface area contributed by atoms with E-state index in [4.69, 9.17) is 23.7 Å². The lowest BCUT2D eigenvalue weighted by Gasteiger charge is -2.40. The number of rotatable bonds is 10. The molecule has 0 radical (unpaired) electrons. The number of allylic oxidation sites excluding steroid dienone is 2. The fraction of sp³-hybridized carbons (Fsp3) is 0.632. The van der Waals surface area contributed by atoms with Gasteiger partial charge in [0.05, 0.1) is 13.2 Å². The van der Waals surface area contributed by atoms with Crippen LogP contribution in [0.2, 0.25) is 0 Å². The van der Waals surface area contributed by atoms with Gasteiger partial charge >= 0.3 is 17.9 Å². The van der Waals surface area contributed by atoms with Crippen molar-refractivity contribution in [1.29, 1.82) is 0 Å². The second kappa shape index (κ2) is 12.2. The average Bonchev–Trinajstić information content (AvgIpc) is 2.57. The Morgan fingerprint density at radius 3 is 2.19 bits per heavy atom. The molecule has 1 rings (SSSR count). The molecule has 0 bridgehead atoms. The number of unbranched alkanes of at least 4 members (excludes halogenated alkanes) is 2. The summed E-state index contributed by atoms with van der Waals surface area (Å²) in [6, 6.07) is 0. The highest BCUT2D eigenvalue weighted by atomic mass is 16.7. The molecule has 0 spiro atoms. The Morgan fingerprint density at radius 2 is 1.59 bits per heavy atom. The first-order valence-corrected chi connectivity index (χ1v) is 8.86. The van der Waals surface area contributed by atoms with Gasteiger partial charge < -0.3 is 23.7 Å². The highest BCUT2D eigenvalue weighted by molar-refractivity contribution is 5.68. The van der Waals surface area contributed by atoms with E-state index < -0.39 is 42.5 Å². The van der Waals surface area contributed by atoms with E-state index in [9.17, 15) is 14.4 Å². The SMILES string of the molecule is C=CCCC/C=C/CO[C@@H]1OC[C@@H](OC(C)=O)[C@H](OC(C)=O)[C@H]1OC(C)=O. The Bertz CT molecular complexity index is 542. The lowest BCUT2D eigenvalue weighted by molar-refractivity contribution is -0.278. The van der Waals surface area contributed by atoms with E-state index in [2.05, 4.69) is 6.58 Å². The second-order valence-corrected chi connectivity index (χ2v) is 6.02. The first-order valence-electron chi connectivity index (χ1n) is 8.86. The smallest absolute Gasteiger partial charge is 0.303 e. The Hall–Kier alpha value is -2.19. The summed E-state index contributed by atoms with van der Waals surface area (Å²) in [4.78, 5) is 34.3. The van der Waals surface area contributed by atoms with Gasteiger partial charge in [-0.2, -0.15) is 0 Å². The molecule has 8 heteroatoms. The summed E-state index contributed by atoms with van der Waals surface area (Å²) in [6.07, 6.45) is 4.55. The quantitative estimate of drug-likeness (QED) is 0.244. The summed E-state index contributed by atoms with van der Waals surface area (Å²) in [5.41, 5.74) is 0. The van der Waals surface area contributed by atoms with Crippen LogP contribution in [0.4, 0.5) is 0 Å². The van der Waals surface area contributed by atoms with Crippen LogP contribution in [0.5, 0.6) is 0 Å².